The zero-order valence-corrected chi connectivity index (χ0v) is 3.85. The topological polar surface area (TPSA) is 23.8 Å². The fourth-order valence-electron chi connectivity index (χ4n) is 0.250. The lowest BCUT2D eigenvalue weighted by Crippen LogP contribution is -1.85. The van der Waals surface area contributed by atoms with Crippen LogP contribution in [-0.2, 0) is 0 Å². The van der Waals surface area contributed by atoms with Gasteiger partial charge in [-0.2, -0.15) is 0 Å². The molecule has 6 heavy (non-hydrogen) atoms. The molecule has 0 aromatic rings. The van der Waals surface area contributed by atoms with E-state index in [1.807, 2.05) is 0 Å². The molecular formula is C5H9N. The minimum atomic E-state index is 1.50. The van der Waals surface area contributed by atoms with Crippen molar-refractivity contribution in [2.75, 3.05) is 0 Å². The Balaban J connectivity index is 0.000000112. The van der Waals surface area contributed by atoms with Gasteiger partial charge < -0.3 is 0 Å². The van der Waals surface area contributed by atoms with Crippen LogP contribution in [-0.4, -0.2) is 0 Å². The van der Waals surface area contributed by atoms with Gasteiger partial charge in [-0.1, -0.05) is 25.7 Å². The normalized spacial score (nSPS) is 16.3. The van der Waals surface area contributed by atoms with Crippen LogP contribution in [0.2, 0.25) is 0 Å². The third kappa shape index (κ3) is 1.78. The Morgan fingerprint density at radius 1 is 0.833 bits per heavy atom. The summed E-state index contributed by atoms with van der Waals surface area (Å²) in [7, 11) is 0. The van der Waals surface area contributed by atoms with Gasteiger partial charge in [-0.3, -0.25) is 0 Å². The fourth-order valence-corrected chi connectivity index (χ4v) is 0.250. The zero-order chi connectivity index (χ0) is 4.83. The van der Waals surface area contributed by atoms with Crippen molar-refractivity contribution in [3.8, 4) is 6.57 Å². The predicted molar refractivity (Wildman–Crippen MR) is 25.1 cm³/mol. The van der Waals surface area contributed by atoms with Crippen LogP contribution in [0.1, 0.15) is 25.7 Å². The fraction of sp³-hybridized carbons (Fsp3) is 0.800. The molecule has 0 aromatic carbocycles. The third-order valence-corrected chi connectivity index (χ3v) is 1.000. The van der Waals surface area contributed by atoms with Crippen LogP contribution < -0.4 is 0 Å². The van der Waals surface area contributed by atoms with Crippen LogP contribution in [0.3, 0.4) is 0 Å². The van der Waals surface area contributed by atoms with Gasteiger partial charge >= 0.3 is 0 Å². The second-order valence-electron chi connectivity index (χ2n) is 1.41. The Bertz CT molecular complexity index is 30.4. The van der Waals surface area contributed by atoms with E-state index in [-0.39, 0.29) is 0 Å². The number of nitrogens with zero attached hydrogens (tertiary/aromatic N) is 1. The summed E-state index contributed by atoms with van der Waals surface area (Å²) in [5, 5.41) is 6.50. The minimum absolute atomic E-state index is 1.50. The van der Waals surface area contributed by atoms with Crippen molar-refractivity contribution in [3.63, 3.8) is 0 Å². The van der Waals surface area contributed by atoms with Gasteiger partial charge in [0.05, 0.1) is 0 Å². The smallest absolute Gasteiger partial charge is 0.0462 e. The molecule has 1 rings (SSSR count). The van der Waals surface area contributed by atoms with Gasteiger partial charge in [-0.15, -0.1) is 0 Å². The van der Waals surface area contributed by atoms with E-state index in [1.54, 1.807) is 0 Å². The Morgan fingerprint density at radius 3 is 1.00 bits per heavy atom. The highest BCUT2D eigenvalue weighted by Crippen LogP contribution is 2.15. The number of rotatable bonds is 0. The van der Waals surface area contributed by atoms with Gasteiger partial charge in [0, 0.05) is 6.57 Å². The lowest BCUT2D eigenvalue weighted by atomic mass is 10.0. The summed E-state index contributed by atoms with van der Waals surface area (Å²) in [4.78, 5) is 0. The molecule has 0 unspecified atom stereocenters. The lowest BCUT2D eigenvalue weighted by molar-refractivity contribution is 0.504. The molecule has 1 fully saturated rings. The number of nitriles is 1. The largest absolute Gasteiger partial charge is 0.202 e. The van der Waals surface area contributed by atoms with Crippen molar-refractivity contribution in [3.05, 3.63) is 0 Å². The van der Waals surface area contributed by atoms with E-state index in [4.69, 9.17) is 5.26 Å². The second kappa shape index (κ2) is 4.49. The molecule has 0 saturated heterocycles. The summed E-state index contributed by atoms with van der Waals surface area (Å²) in [6, 6.07) is 0. The molecule has 0 aliphatic heterocycles. The van der Waals surface area contributed by atoms with Gasteiger partial charge in [0.1, 0.15) is 0 Å². The molecule has 0 heterocycles. The molecule has 0 N–H and O–H groups in total. The van der Waals surface area contributed by atoms with Crippen LogP contribution in [0.4, 0.5) is 0 Å². The maximum absolute atomic E-state index is 6.50. The molecule has 0 amide bonds. The van der Waals surface area contributed by atoms with Crippen molar-refractivity contribution in [2.24, 2.45) is 0 Å². The zero-order valence-electron chi connectivity index (χ0n) is 3.85. The van der Waals surface area contributed by atoms with E-state index >= 15 is 0 Å². The lowest BCUT2D eigenvalue weighted by Gasteiger charge is -2.05. The molecular weight excluding hydrogens is 74.1 g/mol. The van der Waals surface area contributed by atoms with Crippen molar-refractivity contribution >= 4 is 0 Å². The molecule has 0 atom stereocenters. The van der Waals surface area contributed by atoms with E-state index in [1.165, 1.54) is 25.7 Å². The SMILES string of the molecule is C#N.C1CCC1. The second-order valence-corrected chi connectivity index (χ2v) is 1.41. The van der Waals surface area contributed by atoms with Gasteiger partial charge in [-0.25, -0.2) is 5.26 Å². The summed E-state index contributed by atoms with van der Waals surface area (Å²) >= 11 is 0. The molecule has 0 radical (unpaired) electrons. The summed E-state index contributed by atoms with van der Waals surface area (Å²) in [6.45, 7) is 3.50. The van der Waals surface area contributed by atoms with Gasteiger partial charge in [-0.05, 0) is 0 Å². The summed E-state index contributed by atoms with van der Waals surface area (Å²) in [5.74, 6) is 0. The first-order valence-corrected chi connectivity index (χ1v) is 2.26. The van der Waals surface area contributed by atoms with Gasteiger partial charge in [0.2, 0.25) is 0 Å². The Morgan fingerprint density at radius 2 is 1.00 bits per heavy atom. The average Bonchev–Trinajstić information content (AvgIpc) is 1.36. The van der Waals surface area contributed by atoms with Crippen molar-refractivity contribution < 1.29 is 0 Å². The predicted octanol–water partition coefficient (Wildman–Crippen LogP) is 1.70. The third-order valence-electron chi connectivity index (χ3n) is 1.000. The molecule has 0 bridgehead atoms. The minimum Gasteiger partial charge on any atom is -0.202 e. The van der Waals surface area contributed by atoms with E-state index in [9.17, 15) is 0 Å². The maximum atomic E-state index is 6.50. The highest BCUT2D eigenvalue weighted by atomic mass is 14.2. The molecule has 1 heteroatoms. The van der Waals surface area contributed by atoms with Crippen molar-refractivity contribution in [1.29, 1.82) is 5.26 Å². The van der Waals surface area contributed by atoms with Crippen molar-refractivity contribution in [1.82, 2.24) is 0 Å². The van der Waals surface area contributed by atoms with Crippen LogP contribution in [0, 0.1) is 11.8 Å². The molecule has 1 aliphatic carbocycles. The molecule has 0 spiro atoms. The first-order chi connectivity index (χ1) is 3.00. The maximum Gasteiger partial charge on any atom is 0.0462 e. The van der Waals surface area contributed by atoms with E-state index in [0.29, 0.717) is 0 Å². The quantitative estimate of drug-likeness (QED) is 0.437. The monoisotopic (exact) mass is 83.1 g/mol. The molecule has 1 saturated carbocycles. The van der Waals surface area contributed by atoms with Crippen LogP contribution in [0.25, 0.3) is 0 Å². The highest BCUT2D eigenvalue weighted by molar-refractivity contribution is 4.50. The summed E-state index contributed by atoms with van der Waals surface area (Å²) < 4.78 is 0. The van der Waals surface area contributed by atoms with Crippen molar-refractivity contribution in [2.45, 2.75) is 25.7 Å². The van der Waals surface area contributed by atoms with Gasteiger partial charge in [0.15, 0.2) is 0 Å². The van der Waals surface area contributed by atoms with Crippen LogP contribution in [0.5, 0.6) is 0 Å². The van der Waals surface area contributed by atoms with E-state index in [0.717, 1.165) is 0 Å². The van der Waals surface area contributed by atoms with Crippen LogP contribution >= 0.6 is 0 Å². The Labute approximate surface area is 38.6 Å². The Kier molecular flexibility index (Phi) is 4.11. The highest BCUT2D eigenvalue weighted by Gasteiger charge is 1.95. The average molecular weight is 83.1 g/mol. The number of hydrogen-bond donors (Lipinski definition) is 0. The Hall–Kier alpha value is -0.510. The van der Waals surface area contributed by atoms with Gasteiger partial charge in [0.25, 0.3) is 0 Å². The first kappa shape index (κ1) is 5.49. The summed E-state index contributed by atoms with van der Waals surface area (Å²) in [6.07, 6.45) is 6.00. The molecule has 1 nitrogen and oxygen atoms in total. The molecule has 0 aromatic heterocycles. The molecule has 34 valence electrons. The summed E-state index contributed by atoms with van der Waals surface area (Å²) in [5.41, 5.74) is 0. The van der Waals surface area contributed by atoms with E-state index < -0.39 is 0 Å². The van der Waals surface area contributed by atoms with E-state index in [2.05, 4.69) is 6.57 Å². The molecule has 1 aliphatic rings. The first-order valence-electron chi connectivity index (χ1n) is 2.26. The van der Waals surface area contributed by atoms with Crippen LogP contribution in [0.15, 0.2) is 0 Å². The standard InChI is InChI=1S/C4H8.CHN/c1-2-4-3-1;1-2/h1-4H2;1H. The number of hydrogen-bond acceptors (Lipinski definition) is 1.